The summed E-state index contributed by atoms with van der Waals surface area (Å²) in [5.41, 5.74) is 0.917. The Bertz CT molecular complexity index is 1380. The van der Waals surface area contributed by atoms with E-state index in [-0.39, 0.29) is 31.1 Å². The molecule has 2 aliphatic rings. The van der Waals surface area contributed by atoms with Crippen LogP contribution < -0.4 is 0 Å². The third kappa shape index (κ3) is 10.4. The van der Waals surface area contributed by atoms with Crippen LogP contribution in [0.2, 0.25) is 36.3 Å². The molecule has 1 aromatic rings. The summed E-state index contributed by atoms with van der Waals surface area (Å²) in [5.74, 6) is -0.574. The van der Waals surface area contributed by atoms with Gasteiger partial charge < -0.3 is 27.8 Å². The highest BCUT2D eigenvalue weighted by atomic mass is 127. The number of carbonyl (C=O) groups is 1. The molecule has 10 nitrogen and oxygen atoms in total. The fraction of sp³-hybridized carbons (Fsp3) is 0.727. The van der Waals surface area contributed by atoms with E-state index in [1.165, 1.54) is 25.3 Å². The zero-order chi connectivity index (χ0) is 36.5. The maximum absolute atomic E-state index is 13.0. The predicted molar refractivity (Wildman–Crippen MR) is 203 cm³/mol. The van der Waals surface area contributed by atoms with Gasteiger partial charge in [0.1, 0.15) is 12.7 Å². The maximum atomic E-state index is 13.0. The summed E-state index contributed by atoms with van der Waals surface area (Å²) in [6.07, 6.45) is -1.68. The molecule has 2 heterocycles. The number of hydrogen-bond donors (Lipinski definition) is 0. The van der Waals surface area contributed by atoms with Crippen LogP contribution in [-0.4, -0.2) is 89.8 Å². The zero-order valence-electron chi connectivity index (χ0n) is 30.2. The second kappa shape index (κ2) is 16.1. The first-order valence-corrected chi connectivity index (χ1v) is 25.8. The van der Waals surface area contributed by atoms with Crippen molar-refractivity contribution in [2.24, 2.45) is 0 Å². The number of rotatable bonds is 12. The fourth-order valence-corrected chi connectivity index (χ4v) is 9.96. The monoisotopic (exact) mass is 904 g/mol. The number of esters is 1. The molecule has 0 bridgehead atoms. The Balaban J connectivity index is 1.91. The Morgan fingerprint density at radius 2 is 1.46 bits per heavy atom. The molecule has 0 radical (unpaired) electrons. The highest BCUT2D eigenvalue weighted by Crippen LogP contribution is 2.45. The van der Waals surface area contributed by atoms with Crippen molar-refractivity contribution in [3.63, 3.8) is 0 Å². The molecular formula is C33H54BrIO10SSi2. The summed E-state index contributed by atoms with van der Waals surface area (Å²) in [4.78, 5) is 12.3. The van der Waals surface area contributed by atoms with Crippen molar-refractivity contribution in [3.05, 3.63) is 42.2 Å². The molecule has 1 fully saturated rings. The van der Waals surface area contributed by atoms with E-state index in [1.54, 1.807) is 18.2 Å². The molecule has 1 saturated heterocycles. The molecule has 0 spiro atoms. The van der Waals surface area contributed by atoms with E-state index in [1.807, 2.05) is 6.92 Å². The van der Waals surface area contributed by atoms with E-state index < -0.39 is 70.0 Å². The van der Waals surface area contributed by atoms with E-state index >= 15 is 0 Å². The normalized spacial score (nSPS) is 29.0. The van der Waals surface area contributed by atoms with Gasteiger partial charge in [-0.1, -0.05) is 97.8 Å². The number of hydrogen-bond acceptors (Lipinski definition) is 10. The quantitative estimate of drug-likeness (QED) is 0.0682. The number of ether oxygens (including phenoxy) is 4. The molecule has 15 heteroatoms. The second-order valence-corrected chi connectivity index (χ2v) is 28.8. The number of benzene rings is 1. The predicted octanol–water partition coefficient (Wildman–Crippen LogP) is 7.63. The van der Waals surface area contributed by atoms with E-state index in [0.717, 1.165) is 5.56 Å². The van der Waals surface area contributed by atoms with Gasteiger partial charge in [0.15, 0.2) is 35.1 Å². The Labute approximate surface area is 312 Å². The van der Waals surface area contributed by atoms with Gasteiger partial charge >= 0.3 is 5.97 Å². The standard InChI is InChI=1S/C33H54BrIO10SSi2/c1-21-13-15-23(16-14-21)46(37,38)40-20-26-28(41-22(2)36)24(17-18-39-26)42-31-27(35)30(45-48(11,12)33(6,7)8)29(25(19-34)43-31)44-47(9,10)32(3,4)5/h13-18,24-31H,19-20H2,1-12H3/t24-,25-,26-,27-,28+,29-,30-,31-/m1/s1. The van der Waals surface area contributed by atoms with Crippen LogP contribution in [0.4, 0.5) is 0 Å². The Hall–Kier alpha value is -0.376. The first-order chi connectivity index (χ1) is 21.9. The summed E-state index contributed by atoms with van der Waals surface area (Å²) in [7, 11) is -8.66. The highest BCUT2D eigenvalue weighted by molar-refractivity contribution is 14.1. The lowest BCUT2D eigenvalue weighted by molar-refractivity contribution is -0.258. The van der Waals surface area contributed by atoms with Crippen LogP contribution in [0.15, 0.2) is 41.5 Å². The van der Waals surface area contributed by atoms with E-state index in [0.29, 0.717) is 5.33 Å². The smallest absolute Gasteiger partial charge is 0.303 e. The van der Waals surface area contributed by atoms with Crippen molar-refractivity contribution in [2.45, 2.75) is 143 Å². The molecule has 3 rings (SSSR count). The van der Waals surface area contributed by atoms with E-state index in [4.69, 9.17) is 32.0 Å². The van der Waals surface area contributed by atoms with Crippen molar-refractivity contribution >= 4 is 71.2 Å². The number of carbonyl (C=O) groups excluding carboxylic acids is 1. The molecule has 0 N–H and O–H groups in total. The molecule has 2 aliphatic heterocycles. The Morgan fingerprint density at radius 3 is 1.96 bits per heavy atom. The van der Waals surface area contributed by atoms with Crippen molar-refractivity contribution in [1.82, 2.24) is 0 Å². The molecule has 274 valence electrons. The van der Waals surface area contributed by atoms with E-state index in [9.17, 15) is 13.2 Å². The van der Waals surface area contributed by atoms with Gasteiger partial charge in [-0.2, -0.15) is 8.42 Å². The molecular weight excluding hydrogens is 851 g/mol. The van der Waals surface area contributed by atoms with Gasteiger partial charge in [0, 0.05) is 12.3 Å². The lowest BCUT2D eigenvalue weighted by atomic mass is 10.0. The summed E-state index contributed by atoms with van der Waals surface area (Å²) in [6, 6.07) is 6.34. The highest BCUT2D eigenvalue weighted by Gasteiger charge is 2.54. The van der Waals surface area contributed by atoms with E-state index in [2.05, 4.69) is 106 Å². The average molecular weight is 906 g/mol. The molecule has 0 unspecified atom stereocenters. The van der Waals surface area contributed by atoms with Gasteiger partial charge in [0.25, 0.3) is 10.1 Å². The molecule has 0 saturated carbocycles. The van der Waals surface area contributed by atoms with Gasteiger partial charge in [-0.05, 0) is 61.4 Å². The van der Waals surface area contributed by atoms with Crippen molar-refractivity contribution < 1.29 is 45.2 Å². The fourth-order valence-electron chi connectivity index (χ4n) is 4.71. The average Bonchev–Trinajstić information content (AvgIpc) is 2.95. The second-order valence-electron chi connectivity index (χ2n) is 15.6. The minimum Gasteiger partial charge on any atom is -0.492 e. The van der Waals surface area contributed by atoms with Gasteiger partial charge in [-0.15, -0.1) is 0 Å². The number of alkyl halides is 2. The minimum absolute atomic E-state index is 0.0164. The molecule has 0 aliphatic carbocycles. The van der Waals surface area contributed by atoms with Crippen molar-refractivity contribution in [3.8, 4) is 0 Å². The first-order valence-electron chi connectivity index (χ1n) is 16.2. The molecule has 8 atom stereocenters. The summed E-state index contributed by atoms with van der Waals surface area (Å²) >= 11 is 6.01. The minimum atomic E-state index is -4.10. The number of aryl methyl sites for hydroxylation is 1. The molecule has 48 heavy (non-hydrogen) atoms. The third-order valence-corrected chi connectivity index (χ3v) is 21.9. The van der Waals surface area contributed by atoms with Gasteiger partial charge in [-0.25, -0.2) is 0 Å². The molecule has 0 amide bonds. The van der Waals surface area contributed by atoms with Gasteiger partial charge in [-0.3, -0.25) is 8.98 Å². The zero-order valence-corrected chi connectivity index (χ0v) is 36.8. The lowest BCUT2D eigenvalue weighted by Crippen LogP contribution is -2.65. The largest absolute Gasteiger partial charge is 0.492 e. The topological polar surface area (TPSA) is 116 Å². The van der Waals surface area contributed by atoms with Crippen molar-refractivity contribution in [2.75, 3.05) is 11.9 Å². The van der Waals surface area contributed by atoms with Crippen LogP contribution in [0.5, 0.6) is 0 Å². The van der Waals surface area contributed by atoms with Crippen LogP contribution in [0.25, 0.3) is 0 Å². The summed E-state index contributed by atoms with van der Waals surface area (Å²) in [6.45, 7) is 24.9. The van der Waals surface area contributed by atoms with Crippen LogP contribution in [-0.2, 0) is 46.9 Å². The van der Waals surface area contributed by atoms with Gasteiger partial charge in [0.05, 0.1) is 33.4 Å². The van der Waals surface area contributed by atoms with Gasteiger partial charge in [0.2, 0.25) is 0 Å². The summed E-state index contributed by atoms with van der Waals surface area (Å²) in [5, 5.41) is 0.393. The lowest BCUT2D eigenvalue weighted by Gasteiger charge is -2.52. The molecule has 0 aromatic heterocycles. The maximum Gasteiger partial charge on any atom is 0.303 e. The van der Waals surface area contributed by atoms with Crippen LogP contribution in [0.3, 0.4) is 0 Å². The van der Waals surface area contributed by atoms with Crippen LogP contribution >= 0.6 is 38.5 Å². The third-order valence-electron chi connectivity index (χ3n) is 9.70. The number of halogens is 2. The summed E-state index contributed by atoms with van der Waals surface area (Å²) < 4.78 is 69.9. The Morgan fingerprint density at radius 1 is 0.917 bits per heavy atom. The van der Waals surface area contributed by atoms with Crippen LogP contribution in [0, 0.1) is 6.92 Å². The SMILES string of the molecule is CC(=O)O[C@H]1[C@H](O[C@@H]2O[C@H](CBr)[C@@H](O[Si](C)(C)C(C)(C)C)[C@H](O[Si](C)(C)C(C)(C)C)[C@H]2I)C=CO[C@@H]1COS(=O)(=O)c1ccc(C)cc1. The van der Waals surface area contributed by atoms with Crippen molar-refractivity contribution in [1.29, 1.82) is 0 Å². The first kappa shape index (κ1) is 42.0. The Kier molecular flexibility index (Phi) is 14.1. The van der Waals surface area contributed by atoms with Crippen LogP contribution in [0.1, 0.15) is 54.0 Å². The molecule has 1 aromatic carbocycles.